The number of carbonyl (C=O) groups is 1. The van der Waals surface area contributed by atoms with Crippen LogP contribution in [0.4, 0.5) is 0 Å². The summed E-state index contributed by atoms with van der Waals surface area (Å²) in [6.45, 7) is 13.6. The highest BCUT2D eigenvalue weighted by atomic mass is 16.4. The highest BCUT2D eigenvalue weighted by molar-refractivity contribution is 5.76. The lowest BCUT2D eigenvalue weighted by Gasteiger charge is -2.71. The maximum Gasteiger partial charge on any atom is 0.310 e. The van der Waals surface area contributed by atoms with E-state index in [-0.39, 0.29) is 34.7 Å². The molecule has 5 aliphatic carbocycles. The van der Waals surface area contributed by atoms with Crippen LogP contribution >= 0.6 is 0 Å². The van der Waals surface area contributed by atoms with Crippen LogP contribution in [0.15, 0.2) is 11.6 Å². The SMILES string of the molecule is C[C@H]1[C@H](C)CC[C@]2(C(=O)O)CC[C@]3(C)C(=CC[C@H]4[C@@]5(C)C[C@@H](O)[C@H](O)[C@@](C)(CO)[C@H]5CC[C@]43C)[C@H]12. The van der Waals surface area contributed by atoms with Crippen LogP contribution in [0.1, 0.15) is 92.9 Å². The van der Waals surface area contributed by atoms with E-state index >= 15 is 0 Å². The van der Waals surface area contributed by atoms with Crippen LogP contribution in [-0.2, 0) is 4.79 Å². The topological polar surface area (TPSA) is 98.0 Å². The first-order valence-electron chi connectivity index (χ1n) is 14.1. The van der Waals surface area contributed by atoms with E-state index in [0.29, 0.717) is 24.2 Å². The second-order valence-electron chi connectivity index (χ2n) is 14.5. The third-order valence-corrected chi connectivity index (χ3v) is 13.5. The molecule has 4 fully saturated rings. The second-order valence-corrected chi connectivity index (χ2v) is 14.5. The Morgan fingerprint density at radius 3 is 2.31 bits per heavy atom. The van der Waals surface area contributed by atoms with Crippen molar-refractivity contribution in [3.63, 3.8) is 0 Å². The number of allylic oxidation sites excluding steroid dienone is 2. The van der Waals surface area contributed by atoms with E-state index in [1.807, 2.05) is 6.92 Å². The normalized spacial score (nSPS) is 57.7. The van der Waals surface area contributed by atoms with Crippen LogP contribution in [0.2, 0.25) is 0 Å². The molecule has 0 heterocycles. The molecule has 0 unspecified atom stereocenters. The Kier molecular flexibility index (Phi) is 5.73. The molecular weight excluding hydrogens is 440 g/mol. The van der Waals surface area contributed by atoms with Gasteiger partial charge in [-0.05, 0) is 97.2 Å². The molecule has 0 aliphatic heterocycles. The first-order valence-corrected chi connectivity index (χ1v) is 14.1. The first kappa shape index (κ1) is 25.7. The molecule has 5 nitrogen and oxygen atoms in total. The zero-order valence-electron chi connectivity index (χ0n) is 22.7. The van der Waals surface area contributed by atoms with E-state index in [4.69, 9.17) is 0 Å². The van der Waals surface area contributed by atoms with E-state index in [0.717, 1.165) is 44.9 Å². The number of hydrogen-bond donors (Lipinski definition) is 4. The molecule has 0 saturated heterocycles. The number of carboxylic acids is 1. The monoisotopic (exact) mass is 488 g/mol. The summed E-state index contributed by atoms with van der Waals surface area (Å²) in [5, 5.41) is 42.9. The Morgan fingerprint density at radius 2 is 1.69 bits per heavy atom. The third-order valence-electron chi connectivity index (χ3n) is 13.5. The Hall–Kier alpha value is -0.910. The fourth-order valence-electron chi connectivity index (χ4n) is 11.0. The highest BCUT2D eigenvalue weighted by Gasteiger charge is 2.70. The van der Waals surface area contributed by atoms with Crippen molar-refractivity contribution in [1.29, 1.82) is 0 Å². The molecule has 0 aromatic carbocycles. The number of hydrogen-bond acceptors (Lipinski definition) is 4. The lowest BCUT2D eigenvalue weighted by atomic mass is 9.33. The molecule has 0 aromatic heterocycles. The number of rotatable bonds is 2. The molecule has 0 amide bonds. The minimum Gasteiger partial charge on any atom is -0.481 e. The molecule has 0 spiro atoms. The second kappa shape index (κ2) is 7.80. The molecule has 0 radical (unpaired) electrons. The molecule has 4 saturated carbocycles. The molecule has 5 aliphatic rings. The van der Waals surface area contributed by atoms with Gasteiger partial charge in [-0.1, -0.05) is 53.2 Å². The molecule has 5 rings (SSSR count). The van der Waals surface area contributed by atoms with Gasteiger partial charge < -0.3 is 20.4 Å². The fourth-order valence-corrected chi connectivity index (χ4v) is 11.0. The maximum absolute atomic E-state index is 12.8. The standard InChI is InChI=1S/C30H48O5/c1-17-9-12-30(25(34)35)14-13-28(5)19(23(30)18(17)2)7-8-22-26(3)15-20(32)24(33)27(4,16-31)21(26)10-11-29(22,28)6/h7,17-18,20-24,31-33H,8-16H2,1-6H3,(H,34,35)/t17-,18+,20-,21+,22+,23+,24+,26+,27+,28-,29-,30+/m1/s1. The van der Waals surface area contributed by atoms with Crippen molar-refractivity contribution in [2.24, 2.45) is 56.7 Å². The summed E-state index contributed by atoms with van der Waals surface area (Å²) in [6.07, 6.45) is 7.51. The zero-order valence-corrected chi connectivity index (χ0v) is 22.7. The van der Waals surface area contributed by atoms with Gasteiger partial charge in [0, 0.05) is 5.41 Å². The molecule has 5 heteroatoms. The largest absolute Gasteiger partial charge is 0.481 e. The Labute approximate surface area is 211 Å². The van der Waals surface area contributed by atoms with E-state index in [9.17, 15) is 25.2 Å². The van der Waals surface area contributed by atoms with Crippen molar-refractivity contribution in [3.8, 4) is 0 Å². The van der Waals surface area contributed by atoms with Gasteiger partial charge in [0.2, 0.25) is 0 Å². The number of aliphatic hydroxyl groups excluding tert-OH is 3. The average molecular weight is 489 g/mol. The maximum atomic E-state index is 12.8. The van der Waals surface area contributed by atoms with Gasteiger partial charge in [-0.15, -0.1) is 0 Å². The van der Waals surface area contributed by atoms with Crippen LogP contribution < -0.4 is 0 Å². The van der Waals surface area contributed by atoms with Gasteiger partial charge in [0.25, 0.3) is 0 Å². The van der Waals surface area contributed by atoms with E-state index in [1.54, 1.807) is 0 Å². The minimum atomic E-state index is -0.907. The van der Waals surface area contributed by atoms with Crippen molar-refractivity contribution >= 4 is 5.97 Å². The van der Waals surface area contributed by atoms with E-state index in [1.165, 1.54) is 5.57 Å². The van der Waals surface area contributed by atoms with Crippen LogP contribution in [0, 0.1) is 56.7 Å². The Bertz CT molecular complexity index is 930. The summed E-state index contributed by atoms with van der Waals surface area (Å²) in [5.41, 5.74) is -0.214. The average Bonchev–Trinajstić information content (AvgIpc) is 2.80. The quantitative estimate of drug-likeness (QED) is 0.409. The van der Waals surface area contributed by atoms with Crippen molar-refractivity contribution in [1.82, 2.24) is 0 Å². The van der Waals surface area contributed by atoms with Gasteiger partial charge in [-0.25, -0.2) is 0 Å². The van der Waals surface area contributed by atoms with Gasteiger partial charge in [0.1, 0.15) is 0 Å². The predicted octanol–water partition coefficient (Wildman–Crippen LogP) is 5.03. The number of carboxylic acid groups (broad SMARTS) is 1. The lowest BCUT2D eigenvalue weighted by Crippen LogP contribution is -2.68. The zero-order chi connectivity index (χ0) is 25.8. The highest BCUT2D eigenvalue weighted by Crippen LogP contribution is 2.75. The van der Waals surface area contributed by atoms with Crippen LogP contribution in [-0.4, -0.2) is 45.2 Å². The van der Waals surface area contributed by atoms with Crippen LogP contribution in [0.3, 0.4) is 0 Å². The summed E-state index contributed by atoms with van der Waals surface area (Å²) >= 11 is 0. The summed E-state index contributed by atoms with van der Waals surface area (Å²) in [5.74, 6) is 0.828. The molecule has 0 bridgehead atoms. The molecule has 0 aromatic rings. The number of fused-ring (bicyclic) bond motifs is 7. The van der Waals surface area contributed by atoms with E-state index in [2.05, 4.69) is 40.7 Å². The van der Waals surface area contributed by atoms with Crippen molar-refractivity contribution in [3.05, 3.63) is 11.6 Å². The summed E-state index contributed by atoms with van der Waals surface area (Å²) in [6, 6.07) is 0. The van der Waals surface area contributed by atoms with Crippen LogP contribution in [0.5, 0.6) is 0 Å². The molecule has 35 heavy (non-hydrogen) atoms. The fraction of sp³-hybridized carbons (Fsp3) is 0.900. The Morgan fingerprint density at radius 1 is 1.00 bits per heavy atom. The number of aliphatic hydroxyl groups is 3. The van der Waals surface area contributed by atoms with Gasteiger partial charge >= 0.3 is 5.97 Å². The van der Waals surface area contributed by atoms with Crippen LogP contribution in [0.25, 0.3) is 0 Å². The lowest BCUT2D eigenvalue weighted by molar-refractivity contribution is -0.244. The molecule has 4 N–H and O–H groups in total. The van der Waals surface area contributed by atoms with Crippen molar-refractivity contribution in [2.45, 2.75) is 105 Å². The van der Waals surface area contributed by atoms with Crippen molar-refractivity contribution < 1.29 is 25.2 Å². The van der Waals surface area contributed by atoms with Gasteiger partial charge in [-0.3, -0.25) is 4.79 Å². The molecular formula is C30H48O5. The smallest absolute Gasteiger partial charge is 0.310 e. The predicted molar refractivity (Wildman–Crippen MR) is 135 cm³/mol. The third kappa shape index (κ3) is 2.95. The summed E-state index contributed by atoms with van der Waals surface area (Å²) < 4.78 is 0. The first-order chi connectivity index (χ1) is 16.2. The number of aliphatic carboxylic acids is 1. The minimum absolute atomic E-state index is 0.00815. The molecule has 198 valence electrons. The molecule has 12 atom stereocenters. The Balaban J connectivity index is 1.62. The summed E-state index contributed by atoms with van der Waals surface area (Å²) in [4.78, 5) is 12.8. The van der Waals surface area contributed by atoms with Gasteiger partial charge in [0.05, 0.1) is 24.2 Å². The van der Waals surface area contributed by atoms with E-state index < -0.39 is 29.0 Å². The van der Waals surface area contributed by atoms with Gasteiger partial charge in [-0.2, -0.15) is 0 Å². The summed E-state index contributed by atoms with van der Waals surface area (Å²) in [7, 11) is 0. The van der Waals surface area contributed by atoms with Gasteiger partial charge in [0.15, 0.2) is 0 Å². The van der Waals surface area contributed by atoms with Crippen molar-refractivity contribution in [2.75, 3.05) is 6.61 Å².